The molecule has 0 aromatic heterocycles. The third-order valence-corrected chi connectivity index (χ3v) is 5.08. The minimum absolute atomic E-state index is 0.0476. The van der Waals surface area contributed by atoms with Gasteiger partial charge in [-0.3, -0.25) is 14.5 Å². The Morgan fingerprint density at radius 3 is 2.14 bits per heavy atom. The first kappa shape index (κ1) is 16.3. The summed E-state index contributed by atoms with van der Waals surface area (Å²) < 4.78 is 0. The van der Waals surface area contributed by atoms with Crippen molar-refractivity contribution in [1.82, 2.24) is 9.80 Å². The van der Waals surface area contributed by atoms with Crippen molar-refractivity contribution in [2.45, 2.75) is 57.4 Å². The molecule has 1 aliphatic carbocycles. The van der Waals surface area contributed by atoms with Gasteiger partial charge in [0, 0.05) is 25.0 Å². The summed E-state index contributed by atoms with van der Waals surface area (Å²) >= 11 is 0. The second-order valence-corrected chi connectivity index (χ2v) is 6.62. The van der Waals surface area contributed by atoms with Gasteiger partial charge in [-0.1, -0.05) is 25.7 Å². The second kappa shape index (κ2) is 7.78. The highest BCUT2D eigenvalue weighted by molar-refractivity contribution is 5.80. The number of likely N-dealkylation sites (N-methyl/N-ethyl adjacent to an activating group) is 1. The lowest BCUT2D eigenvalue weighted by molar-refractivity contribution is -0.136. The van der Waals surface area contributed by atoms with E-state index >= 15 is 0 Å². The number of piperidine rings is 1. The van der Waals surface area contributed by atoms with Crippen LogP contribution in [-0.2, 0) is 9.59 Å². The van der Waals surface area contributed by atoms with Crippen LogP contribution in [0, 0.1) is 5.92 Å². The average molecular weight is 295 g/mol. The number of hydrogen-bond donors (Lipinski definition) is 1. The van der Waals surface area contributed by atoms with Gasteiger partial charge < -0.3 is 10.6 Å². The van der Waals surface area contributed by atoms with Crippen molar-refractivity contribution in [3.05, 3.63) is 0 Å². The maximum atomic E-state index is 12.4. The molecule has 1 saturated carbocycles. The van der Waals surface area contributed by atoms with E-state index in [-0.39, 0.29) is 17.7 Å². The Morgan fingerprint density at radius 1 is 1.05 bits per heavy atom. The van der Waals surface area contributed by atoms with Crippen LogP contribution in [0.1, 0.15) is 51.4 Å². The fraction of sp³-hybridized carbons (Fsp3) is 0.875. The Hall–Kier alpha value is -1.10. The van der Waals surface area contributed by atoms with Crippen molar-refractivity contribution in [1.29, 1.82) is 0 Å². The molecule has 0 unspecified atom stereocenters. The first-order valence-corrected chi connectivity index (χ1v) is 8.35. The zero-order valence-electron chi connectivity index (χ0n) is 13.2. The third-order valence-electron chi connectivity index (χ3n) is 5.08. The van der Waals surface area contributed by atoms with Gasteiger partial charge in [0.15, 0.2) is 0 Å². The van der Waals surface area contributed by atoms with Crippen LogP contribution < -0.4 is 5.73 Å². The number of nitrogens with two attached hydrogens (primary N) is 1. The number of amides is 2. The van der Waals surface area contributed by atoms with Gasteiger partial charge in [0.1, 0.15) is 0 Å². The Bertz CT molecular complexity index is 357. The number of carbonyl (C=O) groups excluding carboxylic acids is 2. The number of rotatable bonds is 4. The summed E-state index contributed by atoms with van der Waals surface area (Å²) in [6.07, 6.45) is 9.10. The normalized spacial score (nSPS) is 22.3. The summed E-state index contributed by atoms with van der Waals surface area (Å²) in [6, 6.07) is 0.555. The molecular weight excluding hydrogens is 266 g/mol. The lowest BCUT2D eigenvalue weighted by atomic mass is 9.96. The molecule has 5 nitrogen and oxygen atoms in total. The van der Waals surface area contributed by atoms with Gasteiger partial charge >= 0.3 is 0 Å². The van der Waals surface area contributed by atoms with E-state index in [2.05, 4.69) is 11.9 Å². The summed E-state index contributed by atoms with van der Waals surface area (Å²) in [5.74, 6) is -0.0732. The number of hydrogen-bond acceptors (Lipinski definition) is 3. The summed E-state index contributed by atoms with van der Waals surface area (Å²) in [6.45, 7) is 1.85. The molecule has 0 aromatic rings. The van der Waals surface area contributed by atoms with E-state index < -0.39 is 0 Å². The summed E-state index contributed by atoms with van der Waals surface area (Å²) in [4.78, 5) is 27.7. The van der Waals surface area contributed by atoms with Crippen molar-refractivity contribution >= 4 is 11.8 Å². The molecule has 0 bridgehead atoms. The molecule has 0 radical (unpaired) electrons. The predicted octanol–water partition coefficient (Wildman–Crippen LogP) is 1.36. The molecule has 2 N–H and O–H groups in total. The number of carbonyl (C=O) groups is 2. The molecule has 21 heavy (non-hydrogen) atoms. The second-order valence-electron chi connectivity index (χ2n) is 6.62. The van der Waals surface area contributed by atoms with Gasteiger partial charge in [0.25, 0.3) is 0 Å². The highest BCUT2D eigenvalue weighted by Gasteiger charge is 2.27. The van der Waals surface area contributed by atoms with Crippen LogP contribution in [0.25, 0.3) is 0 Å². The standard InChI is InChI=1S/C16H29N3O2/c1-18(14-6-4-2-3-5-7-14)12-15(20)19-10-8-13(9-11-19)16(17)21/h13-14H,2-12H2,1H3,(H2,17,21). The van der Waals surface area contributed by atoms with E-state index in [0.717, 1.165) is 0 Å². The topological polar surface area (TPSA) is 66.6 Å². The van der Waals surface area contributed by atoms with Crippen LogP contribution >= 0.6 is 0 Å². The highest BCUT2D eigenvalue weighted by Crippen LogP contribution is 2.21. The molecule has 1 saturated heterocycles. The molecule has 5 heteroatoms. The first-order valence-electron chi connectivity index (χ1n) is 8.35. The number of primary amides is 1. The molecule has 0 spiro atoms. The molecule has 2 amide bonds. The summed E-state index contributed by atoms with van der Waals surface area (Å²) in [5.41, 5.74) is 5.33. The molecule has 2 aliphatic rings. The molecular formula is C16H29N3O2. The Labute approximate surface area is 127 Å². The largest absolute Gasteiger partial charge is 0.369 e. The van der Waals surface area contributed by atoms with Crippen molar-refractivity contribution in [2.75, 3.05) is 26.7 Å². The van der Waals surface area contributed by atoms with E-state index in [1.165, 1.54) is 38.5 Å². The molecule has 0 aromatic carbocycles. The minimum atomic E-state index is -0.224. The van der Waals surface area contributed by atoms with Crippen molar-refractivity contribution in [3.8, 4) is 0 Å². The van der Waals surface area contributed by atoms with Gasteiger partial charge in [-0.2, -0.15) is 0 Å². The summed E-state index contributed by atoms with van der Waals surface area (Å²) in [7, 11) is 2.07. The SMILES string of the molecule is CN(CC(=O)N1CCC(C(N)=O)CC1)C1CCCCCC1. The van der Waals surface area contributed by atoms with Crippen LogP contribution in [0.3, 0.4) is 0 Å². The van der Waals surface area contributed by atoms with Gasteiger partial charge in [-0.25, -0.2) is 0 Å². The van der Waals surface area contributed by atoms with Crippen LogP contribution in [0.2, 0.25) is 0 Å². The molecule has 0 atom stereocenters. The van der Waals surface area contributed by atoms with Crippen LogP contribution in [0.5, 0.6) is 0 Å². The van der Waals surface area contributed by atoms with Crippen LogP contribution in [0.4, 0.5) is 0 Å². The fourth-order valence-corrected chi connectivity index (χ4v) is 3.55. The Morgan fingerprint density at radius 2 is 1.62 bits per heavy atom. The van der Waals surface area contributed by atoms with Gasteiger partial charge in [-0.05, 0) is 32.7 Å². The predicted molar refractivity (Wildman–Crippen MR) is 82.6 cm³/mol. The van der Waals surface area contributed by atoms with Crippen molar-refractivity contribution in [3.63, 3.8) is 0 Å². The molecule has 1 aliphatic heterocycles. The third kappa shape index (κ3) is 4.70. The minimum Gasteiger partial charge on any atom is -0.369 e. The van der Waals surface area contributed by atoms with Crippen molar-refractivity contribution < 1.29 is 9.59 Å². The van der Waals surface area contributed by atoms with E-state index in [1.807, 2.05) is 4.90 Å². The van der Waals surface area contributed by atoms with Gasteiger partial charge in [0.05, 0.1) is 6.54 Å². The van der Waals surface area contributed by atoms with Gasteiger partial charge in [-0.15, -0.1) is 0 Å². The van der Waals surface area contributed by atoms with E-state index in [1.54, 1.807) is 0 Å². The molecule has 120 valence electrons. The van der Waals surface area contributed by atoms with E-state index in [9.17, 15) is 9.59 Å². The lowest BCUT2D eigenvalue weighted by Gasteiger charge is -2.33. The zero-order chi connectivity index (χ0) is 15.2. The maximum absolute atomic E-state index is 12.4. The van der Waals surface area contributed by atoms with Crippen LogP contribution in [-0.4, -0.2) is 54.3 Å². The van der Waals surface area contributed by atoms with E-state index in [0.29, 0.717) is 38.5 Å². The number of likely N-dealkylation sites (tertiary alicyclic amines) is 1. The maximum Gasteiger partial charge on any atom is 0.236 e. The van der Waals surface area contributed by atoms with Crippen LogP contribution in [0.15, 0.2) is 0 Å². The van der Waals surface area contributed by atoms with Crippen molar-refractivity contribution in [2.24, 2.45) is 11.7 Å². The smallest absolute Gasteiger partial charge is 0.236 e. The lowest BCUT2D eigenvalue weighted by Crippen LogP contribution is -2.47. The zero-order valence-corrected chi connectivity index (χ0v) is 13.2. The molecule has 1 heterocycles. The van der Waals surface area contributed by atoms with E-state index in [4.69, 9.17) is 5.73 Å². The fourth-order valence-electron chi connectivity index (χ4n) is 3.55. The average Bonchev–Trinajstić information content (AvgIpc) is 2.76. The monoisotopic (exact) mass is 295 g/mol. The molecule has 2 rings (SSSR count). The molecule has 2 fully saturated rings. The first-order chi connectivity index (χ1) is 10.1. The Balaban J connectivity index is 1.77. The van der Waals surface area contributed by atoms with Gasteiger partial charge in [0.2, 0.25) is 11.8 Å². The summed E-state index contributed by atoms with van der Waals surface area (Å²) in [5, 5.41) is 0. The highest BCUT2D eigenvalue weighted by atomic mass is 16.2. The number of nitrogens with zero attached hydrogens (tertiary/aromatic N) is 2. The quantitative estimate of drug-likeness (QED) is 0.797. The Kier molecular flexibility index (Phi) is 6.03.